The van der Waals surface area contributed by atoms with Crippen LogP contribution in [0.3, 0.4) is 0 Å². The van der Waals surface area contributed by atoms with Crippen LogP contribution in [0.15, 0.2) is 55.0 Å². The fourth-order valence-electron chi connectivity index (χ4n) is 2.63. The molecule has 0 aliphatic rings. The van der Waals surface area contributed by atoms with Gasteiger partial charge in [0.1, 0.15) is 0 Å². The summed E-state index contributed by atoms with van der Waals surface area (Å²) in [4.78, 5) is 4.09. The third-order valence-corrected chi connectivity index (χ3v) is 3.64. The van der Waals surface area contributed by atoms with Crippen molar-refractivity contribution in [2.75, 3.05) is 6.54 Å². The van der Waals surface area contributed by atoms with E-state index in [0.717, 1.165) is 31.5 Å². The summed E-state index contributed by atoms with van der Waals surface area (Å²) in [5, 5.41) is 1.33. The Labute approximate surface area is 119 Å². The molecule has 3 nitrogen and oxygen atoms in total. The monoisotopic (exact) mass is 265 g/mol. The van der Waals surface area contributed by atoms with E-state index in [1.165, 1.54) is 16.5 Å². The zero-order valence-electron chi connectivity index (χ0n) is 11.5. The Balaban J connectivity index is 2.05. The van der Waals surface area contributed by atoms with Crippen LogP contribution in [0, 0.1) is 0 Å². The molecule has 3 rings (SSSR count). The molecular weight excluding hydrogens is 246 g/mol. The highest BCUT2D eigenvalue weighted by molar-refractivity contribution is 5.85. The van der Waals surface area contributed by atoms with E-state index in [-0.39, 0.29) is 0 Å². The number of fused-ring (bicyclic) bond motifs is 1. The van der Waals surface area contributed by atoms with Crippen molar-refractivity contribution in [3.05, 3.63) is 60.6 Å². The average molecular weight is 265 g/mol. The number of para-hydroxylation sites is 1. The highest BCUT2D eigenvalue weighted by Gasteiger charge is 2.08. The molecule has 2 aromatic heterocycles. The molecule has 0 aliphatic heterocycles. The SMILES string of the molecule is NCCCCc1cn(-c2ccncc2)c2ccccc12. The number of unbranched alkanes of at least 4 members (excludes halogenated alkanes) is 1. The van der Waals surface area contributed by atoms with Gasteiger partial charge in [0.25, 0.3) is 0 Å². The van der Waals surface area contributed by atoms with Gasteiger partial charge in [-0.3, -0.25) is 4.98 Å². The van der Waals surface area contributed by atoms with Crippen LogP contribution in [-0.4, -0.2) is 16.1 Å². The lowest BCUT2D eigenvalue weighted by atomic mass is 10.1. The van der Waals surface area contributed by atoms with Gasteiger partial charge in [0.2, 0.25) is 0 Å². The first-order valence-corrected chi connectivity index (χ1v) is 7.09. The summed E-state index contributed by atoms with van der Waals surface area (Å²) >= 11 is 0. The lowest BCUT2D eigenvalue weighted by Crippen LogP contribution is -1.98. The van der Waals surface area contributed by atoms with Crippen molar-refractivity contribution in [1.29, 1.82) is 0 Å². The Morgan fingerprint density at radius 3 is 2.60 bits per heavy atom. The third-order valence-electron chi connectivity index (χ3n) is 3.64. The Bertz CT molecular complexity index is 686. The molecule has 0 atom stereocenters. The fourth-order valence-corrected chi connectivity index (χ4v) is 2.63. The zero-order chi connectivity index (χ0) is 13.8. The molecule has 0 saturated carbocycles. The number of nitrogens with zero attached hydrogens (tertiary/aromatic N) is 2. The Morgan fingerprint density at radius 2 is 1.80 bits per heavy atom. The second-order valence-corrected chi connectivity index (χ2v) is 4.99. The van der Waals surface area contributed by atoms with Gasteiger partial charge < -0.3 is 10.3 Å². The number of hydrogen-bond acceptors (Lipinski definition) is 2. The van der Waals surface area contributed by atoms with E-state index in [1.807, 2.05) is 24.5 Å². The molecule has 0 radical (unpaired) electrons. The number of nitrogens with two attached hydrogens (primary N) is 1. The zero-order valence-corrected chi connectivity index (χ0v) is 11.5. The Kier molecular flexibility index (Phi) is 3.79. The van der Waals surface area contributed by atoms with E-state index in [9.17, 15) is 0 Å². The van der Waals surface area contributed by atoms with Gasteiger partial charge in [-0.25, -0.2) is 0 Å². The highest BCUT2D eigenvalue weighted by atomic mass is 15.0. The van der Waals surface area contributed by atoms with Gasteiger partial charge in [-0.2, -0.15) is 0 Å². The van der Waals surface area contributed by atoms with Gasteiger partial charge in [-0.15, -0.1) is 0 Å². The van der Waals surface area contributed by atoms with Crippen LogP contribution in [0.4, 0.5) is 0 Å². The van der Waals surface area contributed by atoms with Gasteiger partial charge in [0.05, 0.1) is 5.52 Å². The molecule has 2 heterocycles. The van der Waals surface area contributed by atoms with E-state index >= 15 is 0 Å². The van der Waals surface area contributed by atoms with E-state index in [0.29, 0.717) is 0 Å². The van der Waals surface area contributed by atoms with Gasteiger partial charge in [-0.05, 0) is 49.6 Å². The molecule has 0 bridgehead atoms. The van der Waals surface area contributed by atoms with E-state index < -0.39 is 0 Å². The number of pyridine rings is 1. The highest BCUT2D eigenvalue weighted by Crippen LogP contribution is 2.25. The quantitative estimate of drug-likeness (QED) is 0.719. The summed E-state index contributed by atoms with van der Waals surface area (Å²) in [6, 6.07) is 12.6. The fraction of sp³-hybridized carbons (Fsp3) is 0.235. The molecule has 2 N–H and O–H groups in total. The van der Waals surface area contributed by atoms with Crippen LogP contribution in [0.1, 0.15) is 18.4 Å². The minimum Gasteiger partial charge on any atom is -0.330 e. The van der Waals surface area contributed by atoms with Gasteiger partial charge in [0, 0.05) is 29.7 Å². The van der Waals surface area contributed by atoms with Crippen LogP contribution in [0.2, 0.25) is 0 Å². The van der Waals surface area contributed by atoms with Crippen LogP contribution in [-0.2, 0) is 6.42 Å². The molecule has 0 saturated heterocycles. The van der Waals surface area contributed by atoms with Gasteiger partial charge in [0.15, 0.2) is 0 Å². The number of benzene rings is 1. The van der Waals surface area contributed by atoms with Crippen molar-refractivity contribution in [3.63, 3.8) is 0 Å². The maximum absolute atomic E-state index is 5.59. The standard InChI is InChI=1S/C17H19N3/c18-10-4-3-5-14-13-20(15-8-11-19-12-9-15)17-7-2-1-6-16(14)17/h1-2,6-9,11-13H,3-5,10,18H2. The minimum absolute atomic E-state index is 0.767. The molecule has 3 heteroatoms. The molecule has 0 unspecified atom stereocenters. The largest absolute Gasteiger partial charge is 0.330 e. The Hall–Kier alpha value is -2.13. The lowest BCUT2D eigenvalue weighted by Gasteiger charge is -2.03. The summed E-state index contributed by atoms with van der Waals surface area (Å²) in [5.41, 5.74) is 9.39. The van der Waals surface area contributed by atoms with Gasteiger partial charge in [-0.1, -0.05) is 18.2 Å². The number of rotatable bonds is 5. The molecule has 3 aromatic rings. The van der Waals surface area contributed by atoms with Crippen molar-refractivity contribution in [2.45, 2.75) is 19.3 Å². The maximum atomic E-state index is 5.59. The summed E-state index contributed by atoms with van der Waals surface area (Å²) < 4.78 is 2.24. The molecule has 1 aromatic carbocycles. The molecule has 0 spiro atoms. The number of aryl methyl sites for hydroxylation is 1. The average Bonchev–Trinajstić information content (AvgIpc) is 2.88. The lowest BCUT2D eigenvalue weighted by molar-refractivity contribution is 0.746. The Morgan fingerprint density at radius 1 is 1.00 bits per heavy atom. The summed E-state index contributed by atoms with van der Waals surface area (Å²) in [7, 11) is 0. The first-order chi connectivity index (χ1) is 9.90. The first kappa shape index (κ1) is 12.9. The van der Waals surface area contributed by atoms with Crippen LogP contribution < -0.4 is 5.73 Å². The molecule has 102 valence electrons. The van der Waals surface area contributed by atoms with Crippen molar-refractivity contribution in [1.82, 2.24) is 9.55 Å². The molecule has 0 fully saturated rings. The predicted octanol–water partition coefficient (Wildman–Crippen LogP) is 3.31. The summed E-state index contributed by atoms with van der Waals surface area (Å²) in [6.07, 6.45) is 9.21. The molecule has 0 aliphatic carbocycles. The van der Waals surface area contributed by atoms with E-state index in [2.05, 4.69) is 40.0 Å². The van der Waals surface area contributed by atoms with E-state index in [4.69, 9.17) is 5.73 Å². The number of hydrogen-bond donors (Lipinski definition) is 1. The van der Waals surface area contributed by atoms with Crippen molar-refractivity contribution < 1.29 is 0 Å². The first-order valence-electron chi connectivity index (χ1n) is 7.09. The van der Waals surface area contributed by atoms with Crippen molar-refractivity contribution in [3.8, 4) is 5.69 Å². The predicted molar refractivity (Wildman–Crippen MR) is 83.1 cm³/mol. The van der Waals surface area contributed by atoms with Crippen molar-refractivity contribution in [2.24, 2.45) is 5.73 Å². The molecule has 0 amide bonds. The van der Waals surface area contributed by atoms with E-state index in [1.54, 1.807) is 0 Å². The molecular formula is C17H19N3. The van der Waals surface area contributed by atoms with Crippen molar-refractivity contribution >= 4 is 10.9 Å². The second-order valence-electron chi connectivity index (χ2n) is 4.99. The van der Waals surface area contributed by atoms with Crippen LogP contribution >= 0.6 is 0 Å². The smallest absolute Gasteiger partial charge is 0.0531 e. The number of aromatic nitrogens is 2. The van der Waals surface area contributed by atoms with Gasteiger partial charge >= 0.3 is 0 Å². The summed E-state index contributed by atoms with van der Waals surface area (Å²) in [6.45, 7) is 0.767. The normalized spacial score (nSPS) is 11.1. The van der Waals surface area contributed by atoms with Crippen LogP contribution in [0.5, 0.6) is 0 Å². The van der Waals surface area contributed by atoms with Crippen LogP contribution in [0.25, 0.3) is 16.6 Å². The third kappa shape index (κ3) is 2.45. The second kappa shape index (κ2) is 5.88. The molecule has 20 heavy (non-hydrogen) atoms. The minimum atomic E-state index is 0.767. The topological polar surface area (TPSA) is 43.8 Å². The summed E-state index contributed by atoms with van der Waals surface area (Å²) in [5.74, 6) is 0. The maximum Gasteiger partial charge on any atom is 0.0531 e.